The maximum absolute atomic E-state index is 5.80. The van der Waals surface area contributed by atoms with Gasteiger partial charge in [-0.05, 0) is 82.3 Å². The van der Waals surface area contributed by atoms with Gasteiger partial charge in [0.2, 0.25) is 0 Å². The average molecular weight is 1090 g/mol. The highest BCUT2D eigenvalue weighted by Crippen LogP contribution is 2.33. The number of hydrogen-bond acceptors (Lipinski definition) is 18. The van der Waals surface area contributed by atoms with E-state index in [2.05, 4.69) is 172 Å². The number of nitrogens with one attached hydrogen (secondary N) is 6. The van der Waals surface area contributed by atoms with Crippen molar-refractivity contribution in [2.75, 3.05) is 24.3 Å². The monoisotopic (exact) mass is 1090 g/mol. The van der Waals surface area contributed by atoms with Crippen LogP contribution in [0, 0.1) is 34.6 Å². The van der Waals surface area contributed by atoms with E-state index in [0.717, 1.165) is 120 Å². The fourth-order valence-corrected chi connectivity index (χ4v) is 9.18. The van der Waals surface area contributed by atoms with Crippen LogP contribution in [0.15, 0.2) is 97.8 Å². The minimum atomic E-state index is 0.288. The molecule has 0 bridgehead atoms. The number of aromatic nitrogens is 19. The molecule has 80 heavy (non-hydrogen) atoms. The number of fused-ring (bicyclic) bond motifs is 4. The molecule has 22 nitrogen and oxygen atoms in total. The molecule has 0 radical (unpaired) electrons. The van der Waals surface area contributed by atoms with Gasteiger partial charge < -0.3 is 15.4 Å². The molecule has 10 heterocycles. The van der Waals surface area contributed by atoms with E-state index in [4.69, 9.17) is 16.3 Å². The van der Waals surface area contributed by atoms with Gasteiger partial charge in [-0.15, -0.1) is 11.6 Å². The van der Waals surface area contributed by atoms with E-state index in [0.29, 0.717) is 37.0 Å². The lowest BCUT2D eigenvalue weighted by Crippen LogP contribution is -2.04. The molecular weight excluding hydrogens is 1030 g/mol. The number of aromatic amines is 4. The van der Waals surface area contributed by atoms with E-state index in [1.807, 2.05) is 56.3 Å². The quantitative estimate of drug-likeness (QED) is 0.0552. The molecule has 408 valence electrons. The van der Waals surface area contributed by atoms with Crippen molar-refractivity contribution >= 4 is 67.4 Å². The Morgan fingerprint density at radius 3 is 1.89 bits per heavy atom. The van der Waals surface area contributed by atoms with Crippen molar-refractivity contribution < 1.29 is 4.74 Å². The maximum atomic E-state index is 5.80. The fourth-order valence-electron chi connectivity index (χ4n) is 9.06. The summed E-state index contributed by atoms with van der Waals surface area (Å²) in [4.78, 5) is 48.1. The number of nitrogens with zero attached hydrogens (tertiary/aromatic N) is 15. The Labute approximate surface area is 466 Å². The van der Waals surface area contributed by atoms with Crippen LogP contribution in [0.4, 0.5) is 11.6 Å². The van der Waals surface area contributed by atoms with Gasteiger partial charge in [0.1, 0.15) is 74.7 Å². The van der Waals surface area contributed by atoms with Gasteiger partial charge in [0.25, 0.3) is 0 Å². The topological polar surface area (TPSA) is 290 Å². The minimum Gasteiger partial charge on any atom is -0.377 e. The predicted octanol–water partition coefficient (Wildman–Crippen LogP) is 10.0. The average Bonchev–Trinajstić information content (AvgIpc) is 4.50. The van der Waals surface area contributed by atoms with Crippen LogP contribution in [-0.4, -0.2) is 109 Å². The van der Waals surface area contributed by atoms with Crippen LogP contribution in [0.5, 0.6) is 0 Å². The Bertz CT molecular complexity index is 3950. The van der Waals surface area contributed by atoms with Crippen LogP contribution < -0.4 is 10.6 Å². The summed E-state index contributed by atoms with van der Waals surface area (Å²) in [5.41, 5.74) is 18.3. The number of rotatable bonds is 14. The summed E-state index contributed by atoms with van der Waals surface area (Å²) < 4.78 is 5.08. The first-order chi connectivity index (χ1) is 38.9. The van der Waals surface area contributed by atoms with Crippen molar-refractivity contribution in [1.29, 1.82) is 0 Å². The van der Waals surface area contributed by atoms with E-state index in [1.165, 1.54) is 28.6 Å². The molecule has 6 N–H and O–H groups in total. The third kappa shape index (κ3) is 13.3. The second-order valence-corrected chi connectivity index (χ2v) is 19.3. The zero-order chi connectivity index (χ0) is 56.1. The van der Waals surface area contributed by atoms with Gasteiger partial charge in [0.15, 0.2) is 23.0 Å². The molecule has 0 aliphatic carbocycles. The van der Waals surface area contributed by atoms with E-state index < -0.39 is 0 Å². The predicted molar refractivity (Wildman–Crippen MR) is 310 cm³/mol. The molecule has 0 saturated heterocycles. The fraction of sp³-hybridized carbons (Fsp3) is 0.281. The number of ether oxygens (including phenoxy) is 1. The van der Waals surface area contributed by atoms with Gasteiger partial charge in [0.05, 0.1) is 35.4 Å². The molecule has 23 heteroatoms. The van der Waals surface area contributed by atoms with Gasteiger partial charge in [-0.3, -0.25) is 25.4 Å². The van der Waals surface area contributed by atoms with Crippen LogP contribution in [0.2, 0.25) is 0 Å². The Kier molecular flexibility index (Phi) is 18.0. The molecule has 10 aromatic heterocycles. The van der Waals surface area contributed by atoms with Crippen LogP contribution >= 0.6 is 11.6 Å². The molecule has 0 fully saturated rings. The Morgan fingerprint density at radius 2 is 1.26 bits per heavy atom. The second-order valence-electron chi connectivity index (χ2n) is 19.0. The lowest BCUT2D eigenvalue weighted by Gasteiger charge is -2.09. The molecule has 0 atom stereocenters. The number of methoxy groups -OCH3 is 1. The zero-order valence-electron chi connectivity index (χ0n) is 46.1. The molecule has 0 saturated carbocycles. The highest BCUT2D eigenvalue weighted by molar-refractivity contribution is 6.16. The summed E-state index contributed by atoms with van der Waals surface area (Å²) in [6, 6.07) is 22.3. The number of alkyl halides is 1. The van der Waals surface area contributed by atoms with Crippen molar-refractivity contribution in [3.63, 3.8) is 0 Å². The summed E-state index contributed by atoms with van der Waals surface area (Å²) in [6.07, 6.45) is 9.59. The summed E-state index contributed by atoms with van der Waals surface area (Å²) in [7, 11) is 1.62. The lowest BCUT2D eigenvalue weighted by molar-refractivity contribution is 0.178. The van der Waals surface area contributed by atoms with Crippen molar-refractivity contribution in [1.82, 2.24) is 95.6 Å². The number of pyridine rings is 1. The Balaban J connectivity index is 0.000000129. The van der Waals surface area contributed by atoms with Gasteiger partial charge in [-0.25, -0.2) is 49.8 Å². The van der Waals surface area contributed by atoms with Crippen molar-refractivity contribution in [3.8, 4) is 11.3 Å². The smallest absolute Gasteiger partial charge is 0.158 e. The van der Waals surface area contributed by atoms with Crippen molar-refractivity contribution in [3.05, 3.63) is 172 Å². The molecule has 12 rings (SSSR count). The number of anilines is 2. The zero-order valence-corrected chi connectivity index (χ0v) is 46.8. The normalized spacial score (nSPS) is 11.1. The van der Waals surface area contributed by atoms with Crippen LogP contribution in [-0.2, 0) is 36.6 Å². The summed E-state index contributed by atoms with van der Waals surface area (Å²) in [6.45, 7) is 18.4. The van der Waals surface area contributed by atoms with E-state index in [-0.39, 0.29) is 5.88 Å². The Hall–Kier alpha value is -9.28. The second kappa shape index (κ2) is 25.9. The van der Waals surface area contributed by atoms with E-state index in [1.54, 1.807) is 31.9 Å². The molecule has 0 amide bonds. The number of halogens is 1. The van der Waals surface area contributed by atoms with Gasteiger partial charge in [0, 0.05) is 62.4 Å². The minimum absolute atomic E-state index is 0.288. The number of H-pyrrole nitrogens is 4. The molecule has 0 unspecified atom stereocenters. The maximum Gasteiger partial charge on any atom is 0.158 e. The third-order valence-electron chi connectivity index (χ3n) is 12.5. The van der Waals surface area contributed by atoms with Crippen molar-refractivity contribution in [2.45, 2.75) is 93.2 Å². The van der Waals surface area contributed by atoms with Crippen LogP contribution in [0.25, 0.3) is 55.4 Å². The first-order valence-electron chi connectivity index (χ1n) is 26.0. The number of benzene rings is 2. The van der Waals surface area contributed by atoms with Crippen LogP contribution in [0.1, 0.15) is 101 Å². The highest BCUT2D eigenvalue weighted by atomic mass is 35.5. The van der Waals surface area contributed by atoms with Gasteiger partial charge in [-0.1, -0.05) is 67.9 Å². The molecular formula is C57H62ClN21O. The van der Waals surface area contributed by atoms with Crippen LogP contribution in [0.3, 0.4) is 0 Å². The standard InChI is InChI=1S/C17H21N5.C16H19N5.C12H10ClN5.C12H12N6O/c1-6-18-17-16-15(19-12(5)20-17)14(21-22-16)13-10(3)7-9(2)8-11(13)4;1-10(2)13-14-15(21-20-13)16(19-11(3)18-14)17-9-12-7-5-4-6-8-12;13-6-11-16-9(5-8-3-1-2-4-14-8)12-10(17-11)7-15-18-12;1-19-6-11-16-9(4-8-2-3-13-7-14-8)12-10(17-11)5-15-18-12/h7-8H,6H2,1-5H3,(H,21,22)(H,18,19,20);4-8,10H,9H2,1-3H3,(H,20,21)(H,17,18,19);1-4,7H,5-6H2,(H,15,18);2-3,5,7H,4,6H2,1H3,(H,15,18). The molecule has 0 spiro atoms. The van der Waals surface area contributed by atoms with Gasteiger partial charge >= 0.3 is 0 Å². The molecule has 0 aliphatic heterocycles. The summed E-state index contributed by atoms with van der Waals surface area (Å²) >= 11 is 5.80. The molecule has 2 aromatic carbocycles. The first kappa shape index (κ1) is 55.5. The van der Waals surface area contributed by atoms with Gasteiger partial charge in [-0.2, -0.15) is 20.4 Å². The first-order valence-corrected chi connectivity index (χ1v) is 26.6. The largest absolute Gasteiger partial charge is 0.377 e. The van der Waals surface area contributed by atoms with E-state index in [9.17, 15) is 0 Å². The third-order valence-corrected chi connectivity index (χ3v) is 12.7. The Morgan fingerprint density at radius 1 is 0.613 bits per heavy atom. The molecule has 0 aliphatic rings. The summed E-state index contributed by atoms with van der Waals surface area (Å²) in [5, 5.41) is 35.6. The van der Waals surface area contributed by atoms with Crippen molar-refractivity contribution in [2.24, 2.45) is 0 Å². The number of hydrogen-bond donors (Lipinski definition) is 6. The number of aryl methyl sites for hydroxylation is 5. The lowest BCUT2D eigenvalue weighted by atomic mass is 9.97. The van der Waals surface area contributed by atoms with E-state index >= 15 is 0 Å². The summed E-state index contributed by atoms with van der Waals surface area (Å²) in [5.74, 6) is 4.98. The SMILES string of the molecule is CCNc1nc(C)nc2c(-c3c(C)cc(C)cc3C)n[nH]c12.COCc1nc(Cc2ccncn2)c2[nH]ncc2n1.Cc1nc(NCc2ccccc2)c2n[nH]c(C(C)C)c2n1.ClCc1nc(Cc2ccccn2)c2[nH]ncc2n1. The molecule has 12 aromatic rings. The highest BCUT2D eigenvalue weighted by Gasteiger charge is 2.19.